The van der Waals surface area contributed by atoms with Crippen LogP contribution in [0.1, 0.15) is 12.0 Å². The van der Waals surface area contributed by atoms with Gasteiger partial charge in [-0.3, -0.25) is 14.5 Å². The largest absolute Gasteiger partial charge is 0.469 e. The van der Waals surface area contributed by atoms with Gasteiger partial charge in [0.2, 0.25) is 0 Å². The lowest BCUT2D eigenvalue weighted by atomic mass is 10.2. The lowest BCUT2D eigenvalue weighted by Crippen LogP contribution is -2.32. The summed E-state index contributed by atoms with van der Waals surface area (Å²) >= 11 is 5.12. The molecule has 0 bridgehead atoms. The van der Waals surface area contributed by atoms with Gasteiger partial charge in [0.25, 0.3) is 5.91 Å². The van der Waals surface area contributed by atoms with Crippen LogP contribution in [-0.2, 0) is 20.9 Å². The summed E-state index contributed by atoms with van der Waals surface area (Å²) in [6, 6.07) is 8.93. The Bertz CT molecular complexity index is 504. The predicted octanol–water partition coefficient (Wildman–Crippen LogP) is 0.835. The number of benzene rings is 1. The second kappa shape index (κ2) is 5.79. The maximum absolute atomic E-state index is 12.1. The van der Waals surface area contributed by atoms with Gasteiger partial charge in [-0.2, -0.15) is 0 Å². The van der Waals surface area contributed by atoms with Crippen LogP contribution in [0.2, 0.25) is 0 Å². The Labute approximate surface area is 116 Å². The molecule has 1 N–H and O–H groups in total. The second-order valence-corrected chi connectivity index (χ2v) is 4.58. The van der Waals surface area contributed by atoms with E-state index in [1.54, 1.807) is 0 Å². The van der Waals surface area contributed by atoms with Crippen molar-refractivity contribution in [1.82, 2.24) is 10.2 Å². The molecule has 0 radical (unpaired) electrons. The van der Waals surface area contributed by atoms with Crippen LogP contribution >= 0.6 is 12.2 Å². The van der Waals surface area contributed by atoms with E-state index < -0.39 is 12.0 Å². The number of hydrogen-bond donors (Lipinski definition) is 1. The molecule has 1 saturated heterocycles. The van der Waals surface area contributed by atoms with Crippen LogP contribution in [0.25, 0.3) is 0 Å². The number of carbonyl (C=O) groups is 2. The van der Waals surface area contributed by atoms with E-state index in [0.29, 0.717) is 11.7 Å². The van der Waals surface area contributed by atoms with Crippen molar-refractivity contribution in [3.8, 4) is 0 Å². The van der Waals surface area contributed by atoms with E-state index in [9.17, 15) is 9.59 Å². The van der Waals surface area contributed by atoms with E-state index in [2.05, 4.69) is 10.1 Å². The molecule has 0 spiro atoms. The van der Waals surface area contributed by atoms with E-state index in [1.807, 2.05) is 30.3 Å². The van der Waals surface area contributed by atoms with Gasteiger partial charge in [0.1, 0.15) is 6.04 Å². The van der Waals surface area contributed by atoms with Crippen molar-refractivity contribution in [3.05, 3.63) is 35.9 Å². The number of methoxy groups -OCH3 is 1. The number of amides is 1. The number of carbonyl (C=O) groups excluding carboxylic acids is 2. The molecule has 1 aliphatic heterocycles. The minimum absolute atomic E-state index is 0.0131. The zero-order valence-electron chi connectivity index (χ0n) is 10.5. The lowest BCUT2D eigenvalue weighted by Gasteiger charge is -2.14. The highest BCUT2D eigenvalue weighted by atomic mass is 32.1. The maximum Gasteiger partial charge on any atom is 0.308 e. The number of esters is 1. The van der Waals surface area contributed by atoms with E-state index in [1.165, 1.54) is 12.0 Å². The maximum atomic E-state index is 12.1. The molecule has 1 aliphatic rings. The molecule has 19 heavy (non-hydrogen) atoms. The molecule has 1 atom stereocenters. The first-order valence-corrected chi connectivity index (χ1v) is 6.25. The molecule has 100 valence electrons. The number of rotatable bonds is 4. The highest BCUT2D eigenvalue weighted by Gasteiger charge is 2.36. The van der Waals surface area contributed by atoms with Crippen molar-refractivity contribution >= 4 is 29.2 Å². The van der Waals surface area contributed by atoms with E-state index in [4.69, 9.17) is 12.2 Å². The van der Waals surface area contributed by atoms with Gasteiger partial charge in [0, 0.05) is 0 Å². The molecule has 1 aromatic rings. The van der Waals surface area contributed by atoms with E-state index in [0.717, 1.165) is 5.56 Å². The number of thiocarbonyl (C=S) groups is 1. The van der Waals surface area contributed by atoms with Crippen LogP contribution in [0.15, 0.2) is 30.3 Å². The van der Waals surface area contributed by atoms with E-state index >= 15 is 0 Å². The number of ether oxygens (including phenoxy) is 1. The summed E-state index contributed by atoms with van der Waals surface area (Å²) in [7, 11) is 1.29. The molecule has 0 aliphatic carbocycles. The van der Waals surface area contributed by atoms with Crippen LogP contribution in [0.3, 0.4) is 0 Å². The monoisotopic (exact) mass is 278 g/mol. The molecule has 0 saturated carbocycles. The fourth-order valence-electron chi connectivity index (χ4n) is 1.88. The third-order valence-electron chi connectivity index (χ3n) is 2.89. The first kappa shape index (κ1) is 13.5. The first-order valence-electron chi connectivity index (χ1n) is 5.84. The average Bonchev–Trinajstić information content (AvgIpc) is 2.67. The fraction of sp³-hybridized carbons (Fsp3) is 0.308. The molecular formula is C13H14N2O3S. The Hall–Kier alpha value is -1.95. The van der Waals surface area contributed by atoms with Gasteiger partial charge in [-0.05, 0) is 17.8 Å². The summed E-state index contributed by atoms with van der Waals surface area (Å²) in [6.07, 6.45) is -0.0131. The third-order valence-corrected chi connectivity index (χ3v) is 3.23. The smallest absolute Gasteiger partial charge is 0.308 e. The summed E-state index contributed by atoms with van der Waals surface area (Å²) in [5.74, 6) is -0.630. The van der Waals surface area contributed by atoms with Gasteiger partial charge in [-0.1, -0.05) is 30.3 Å². The van der Waals surface area contributed by atoms with Gasteiger partial charge < -0.3 is 10.1 Å². The Morgan fingerprint density at radius 2 is 2.11 bits per heavy atom. The van der Waals surface area contributed by atoms with Crippen molar-refractivity contribution in [3.63, 3.8) is 0 Å². The summed E-state index contributed by atoms with van der Waals surface area (Å²) in [5, 5.41) is 3.20. The molecule has 0 aromatic heterocycles. The number of nitrogens with one attached hydrogen (secondary N) is 1. The summed E-state index contributed by atoms with van der Waals surface area (Å²) < 4.78 is 4.56. The van der Waals surface area contributed by atoms with Gasteiger partial charge in [-0.15, -0.1) is 0 Å². The van der Waals surface area contributed by atoms with Gasteiger partial charge >= 0.3 is 5.97 Å². The van der Waals surface area contributed by atoms with Crippen molar-refractivity contribution in [2.24, 2.45) is 0 Å². The third kappa shape index (κ3) is 3.08. The van der Waals surface area contributed by atoms with Gasteiger partial charge in [-0.25, -0.2) is 0 Å². The summed E-state index contributed by atoms with van der Waals surface area (Å²) in [6.45, 7) is 0.406. The zero-order valence-corrected chi connectivity index (χ0v) is 11.3. The zero-order chi connectivity index (χ0) is 13.8. The molecule has 1 fully saturated rings. The van der Waals surface area contributed by atoms with Gasteiger partial charge in [0.15, 0.2) is 5.11 Å². The molecule has 1 aromatic carbocycles. The minimum atomic E-state index is -0.622. The highest BCUT2D eigenvalue weighted by molar-refractivity contribution is 7.80. The molecule has 5 nitrogen and oxygen atoms in total. The van der Waals surface area contributed by atoms with Crippen molar-refractivity contribution in [2.75, 3.05) is 7.11 Å². The van der Waals surface area contributed by atoms with Crippen LogP contribution in [-0.4, -0.2) is 35.0 Å². The van der Waals surface area contributed by atoms with Crippen LogP contribution in [0, 0.1) is 0 Å². The lowest BCUT2D eigenvalue weighted by molar-refractivity contribution is -0.143. The van der Waals surface area contributed by atoms with Crippen molar-refractivity contribution in [1.29, 1.82) is 0 Å². The Morgan fingerprint density at radius 3 is 2.74 bits per heavy atom. The molecule has 6 heteroatoms. The van der Waals surface area contributed by atoms with E-state index in [-0.39, 0.29) is 12.3 Å². The Balaban J connectivity index is 2.04. The van der Waals surface area contributed by atoms with Crippen molar-refractivity contribution < 1.29 is 14.3 Å². The SMILES string of the molecule is COC(=O)CC1NC(=S)N(Cc2ccccc2)C1=O. The topological polar surface area (TPSA) is 58.6 Å². The Kier molecular flexibility index (Phi) is 4.11. The summed E-state index contributed by atoms with van der Waals surface area (Å²) in [5.41, 5.74) is 0.985. The fourth-order valence-corrected chi connectivity index (χ4v) is 2.18. The molecule has 2 rings (SSSR count). The Morgan fingerprint density at radius 1 is 1.42 bits per heavy atom. The molecular weight excluding hydrogens is 264 g/mol. The standard InChI is InChI=1S/C13H14N2O3S/c1-18-11(16)7-10-12(17)15(13(19)14-10)8-9-5-3-2-4-6-9/h2-6,10H,7-8H2,1H3,(H,14,19). The predicted molar refractivity (Wildman–Crippen MR) is 73.1 cm³/mol. The number of nitrogens with zero attached hydrogens (tertiary/aromatic N) is 1. The first-order chi connectivity index (χ1) is 9.11. The molecule has 1 amide bonds. The minimum Gasteiger partial charge on any atom is -0.469 e. The quantitative estimate of drug-likeness (QED) is 0.653. The van der Waals surface area contributed by atoms with Crippen LogP contribution in [0.5, 0.6) is 0 Å². The number of hydrogen-bond acceptors (Lipinski definition) is 4. The molecule has 1 unspecified atom stereocenters. The molecule has 1 heterocycles. The normalized spacial score (nSPS) is 18.4. The highest BCUT2D eigenvalue weighted by Crippen LogP contribution is 2.14. The van der Waals surface area contributed by atoms with Gasteiger partial charge in [0.05, 0.1) is 20.1 Å². The average molecular weight is 278 g/mol. The second-order valence-electron chi connectivity index (χ2n) is 4.19. The van der Waals surface area contributed by atoms with Crippen LogP contribution in [0.4, 0.5) is 0 Å². The van der Waals surface area contributed by atoms with Crippen molar-refractivity contribution in [2.45, 2.75) is 19.0 Å². The summed E-state index contributed by atoms with van der Waals surface area (Å²) in [4.78, 5) is 24.8. The van der Waals surface area contributed by atoms with Crippen LogP contribution < -0.4 is 5.32 Å².